The first kappa shape index (κ1) is 18.8. The topological polar surface area (TPSA) is 40.5 Å². The second-order valence-electron chi connectivity index (χ2n) is 9.30. The second kappa shape index (κ2) is 6.94. The number of alkyl halides is 1. The first-order valence-corrected chi connectivity index (χ1v) is 10.8. The molecule has 2 fully saturated rings. The number of likely N-dealkylation sites (tertiary alicyclic amines) is 1. The Morgan fingerprint density at radius 1 is 1.03 bits per heavy atom. The molecule has 4 heteroatoms. The third kappa shape index (κ3) is 3.18. The maximum absolute atomic E-state index is 14.9. The summed E-state index contributed by atoms with van der Waals surface area (Å²) in [6.07, 6.45) is 5.80. The fraction of sp³-hybridized carbons (Fsp3) is 0.480. The van der Waals surface area contributed by atoms with Crippen molar-refractivity contribution in [3.63, 3.8) is 0 Å². The first-order valence-electron chi connectivity index (χ1n) is 10.8. The molecule has 152 valence electrons. The maximum atomic E-state index is 14.9. The van der Waals surface area contributed by atoms with Crippen molar-refractivity contribution in [3.8, 4) is 0 Å². The molecular weight excluding hydrogens is 365 g/mol. The van der Waals surface area contributed by atoms with E-state index in [1.54, 1.807) is 0 Å². The van der Waals surface area contributed by atoms with Gasteiger partial charge in [0, 0.05) is 18.0 Å². The van der Waals surface area contributed by atoms with Gasteiger partial charge in [-0.3, -0.25) is 4.90 Å². The average Bonchev–Trinajstić information content (AvgIpc) is 3.09. The van der Waals surface area contributed by atoms with Gasteiger partial charge in [0.1, 0.15) is 0 Å². The van der Waals surface area contributed by atoms with E-state index in [0.29, 0.717) is 6.42 Å². The third-order valence-corrected chi connectivity index (χ3v) is 7.57. The van der Waals surface area contributed by atoms with Crippen LogP contribution in [-0.4, -0.2) is 40.8 Å². The molecule has 3 nitrogen and oxygen atoms in total. The van der Waals surface area contributed by atoms with Crippen molar-refractivity contribution in [1.29, 1.82) is 0 Å². The van der Waals surface area contributed by atoms with Gasteiger partial charge in [0.05, 0.1) is 0 Å². The molecule has 2 aromatic carbocycles. The van der Waals surface area contributed by atoms with Gasteiger partial charge in [0.15, 0.2) is 0 Å². The zero-order valence-corrected chi connectivity index (χ0v) is 16.7. The van der Waals surface area contributed by atoms with Gasteiger partial charge in [-0.2, -0.15) is 0 Å². The number of hydrogen-bond donors (Lipinski definition) is 1. The van der Waals surface area contributed by atoms with Crippen LogP contribution in [0.25, 0.3) is 0 Å². The van der Waals surface area contributed by atoms with Crippen LogP contribution in [0.1, 0.15) is 54.4 Å². The minimum absolute atomic E-state index is 0.0291. The van der Waals surface area contributed by atoms with Crippen LogP contribution in [0.4, 0.5) is 4.39 Å². The standard InChI is InChI=1S/C25H28FNO2/c26-25(23(28)29)11-5-13-27(17-25)21-10-12-24(16-21)15-20-8-2-1-6-18(20)14-19-7-3-4-9-22(19)24/h1-4,6-9,21H,5,10-17H2,(H,28,29)/t21?,24-,25?/m0/s1. The zero-order chi connectivity index (χ0) is 20.1. The number of halogens is 1. The van der Waals surface area contributed by atoms with Crippen molar-refractivity contribution >= 4 is 5.97 Å². The lowest BCUT2D eigenvalue weighted by Crippen LogP contribution is -2.53. The number of carboxylic acid groups (broad SMARTS) is 1. The van der Waals surface area contributed by atoms with E-state index in [1.165, 1.54) is 22.3 Å². The van der Waals surface area contributed by atoms with E-state index < -0.39 is 11.6 Å². The molecule has 2 aromatic rings. The molecule has 1 heterocycles. The van der Waals surface area contributed by atoms with Crippen molar-refractivity contribution in [2.45, 2.75) is 62.1 Å². The van der Waals surface area contributed by atoms with E-state index in [2.05, 4.69) is 53.4 Å². The molecule has 3 aliphatic rings. The summed E-state index contributed by atoms with van der Waals surface area (Å²) in [6.45, 7) is 0.833. The highest BCUT2D eigenvalue weighted by Gasteiger charge is 2.49. The van der Waals surface area contributed by atoms with Crippen LogP contribution in [0.15, 0.2) is 48.5 Å². The van der Waals surface area contributed by atoms with Crippen LogP contribution in [0.5, 0.6) is 0 Å². The van der Waals surface area contributed by atoms with Crippen molar-refractivity contribution < 1.29 is 14.3 Å². The summed E-state index contributed by atoms with van der Waals surface area (Å²) in [7, 11) is 0. The van der Waals surface area contributed by atoms with Gasteiger partial charge in [-0.05, 0) is 73.7 Å². The molecule has 3 atom stereocenters. The molecule has 1 aliphatic heterocycles. The summed E-state index contributed by atoms with van der Waals surface area (Å²) in [5.41, 5.74) is 3.65. The Morgan fingerprint density at radius 3 is 2.55 bits per heavy atom. The number of fused-ring (bicyclic) bond motifs is 3. The Kier molecular flexibility index (Phi) is 4.50. The zero-order valence-electron chi connectivity index (χ0n) is 16.7. The molecule has 0 bridgehead atoms. The van der Waals surface area contributed by atoms with Crippen LogP contribution in [-0.2, 0) is 23.1 Å². The van der Waals surface area contributed by atoms with Gasteiger partial charge < -0.3 is 5.11 Å². The molecule has 2 aliphatic carbocycles. The van der Waals surface area contributed by atoms with E-state index in [4.69, 9.17) is 0 Å². The van der Waals surface area contributed by atoms with Crippen LogP contribution in [0.2, 0.25) is 0 Å². The van der Waals surface area contributed by atoms with E-state index in [9.17, 15) is 14.3 Å². The van der Waals surface area contributed by atoms with Gasteiger partial charge in [-0.25, -0.2) is 9.18 Å². The average molecular weight is 394 g/mol. The molecule has 0 aromatic heterocycles. The molecule has 5 rings (SSSR count). The lowest BCUT2D eigenvalue weighted by atomic mass is 9.73. The summed E-state index contributed by atoms with van der Waals surface area (Å²) >= 11 is 0. The SMILES string of the molecule is O=C(O)C1(F)CCCN(C2CC[C@]3(Cc4ccccc4Cc4ccccc43)C2)C1. The number of nitrogens with zero attached hydrogens (tertiary/aromatic N) is 1. The molecular formula is C25H28FNO2. The molecule has 1 N–H and O–H groups in total. The number of carbonyl (C=O) groups is 1. The molecule has 0 amide bonds. The molecule has 29 heavy (non-hydrogen) atoms. The molecule has 1 spiro atoms. The monoisotopic (exact) mass is 393 g/mol. The highest BCUT2D eigenvalue weighted by Crippen LogP contribution is 2.49. The summed E-state index contributed by atoms with van der Waals surface area (Å²) in [5.74, 6) is -1.30. The molecule has 1 saturated carbocycles. The Labute approximate surface area is 171 Å². The number of aliphatic carboxylic acids is 1. The quantitative estimate of drug-likeness (QED) is 0.816. The van der Waals surface area contributed by atoms with Gasteiger partial charge in [0.25, 0.3) is 0 Å². The third-order valence-electron chi connectivity index (χ3n) is 7.57. The fourth-order valence-corrected chi connectivity index (χ4v) is 6.10. The van der Waals surface area contributed by atoms with Crippen LogP contribution in [0, 0.1) is 0 Å². The number of hydrogen-bond acceptors (Lipinski definition) is 2. The van der Waals surface area contributed by atoms with Crippen LogP contribution in [0.3, 0.4) is 0 Å². The first-order chi connectivity index (χ1) is 14.0. The molecule has 2 unspecified atom stereocenters. The predicted octanol–water partition coefficient (Wildman–Crippen LogP) is 4.51. The smallest absolute Gasteiger partial charge is 0.342 e. The number of piperidine rings is 1. The van der Waals surface area contributed by atoms with Gasteiger partial charge in [0.2, 0.25) is 5.67 Å². The van der Waals surface area contributed by atoms with Crippen LogP contribution < -0.4 is 0 Å². The van der Waals surface area contributed by atoms with Crippen molar-refractivity contribution in [1.82, 2.24) is 4.90 Å². The Balaban J connectivity index is 1.47. The summed E-state index contributed by atoms with van der Waals surface area (Å²) in [5, 5.41) is 9.38. The highest BCUT2D eigenvalue weighted by atomic mass is 19.1. The minimum Gasteiger partial charge on any atom is -0.479 e. The Morgan fingerprint density at radius 2 is 1.76 bits per heavy atom. The predicted molar refractivity (Wildman–Crippen MR) is 111 cm³/mol. The van der Waals surface area contributed by atoms with Crippen molar-refractivity contribution in [2.24, 2.45) is 0 Å². The van der Waals surface area contributed by atoms with Gasteiger partial charge >= 0.3 is 5.97 Å². The molecule has 0 radical (unpaired) electrons. The largest absolute Gasteiger partial charge is 0.479 e. The lowest BCUT2D eigenvalue weighted by Gasteiger charge is -2.39. The summed E-state index contributed by atoms with van der Waals surface area (Å²) < 4.78 is 14.9. The van der Waals surface area contributed by atoms with Crippen LogP contribution >= 0.6 is 0 Å². The van der Waals surface area contributed by atoms with Crippen molar-refractivity contribution in [2.75, 3.05) is 13.1 Å². The normalized spacial score (nSPS) is 31.8. The van der Waals surface area contributed by atoms with E-state index in [1.807, 2.05) is 0 Å². The summed E-state index contributed by atoms with van der Waals surface area (Å²) in [6, 6.07) is 17.8. The number of carboxylic acids is 1. The Bertz CT molecular complexity index is 944. The lowest BCUT2D eigenvalue weighted by molar-refractivity contribution is -0.155. The van der Waals surface area contributed by atoms with E-state index >= 15 is 0 Å². The second-order valence-corrected chi connectivity index (χ2v) is 9.30. The van der Waals surface area contributed by atoms with E-state index in [-0.39, 0.29) is 24.4 Å². The minimum atomic E-state index is -2.10. The number of rotatable bonds is 2. The fourth-order valence-electron chi connectivity index (χ4n) is 6.10. The van der Waals surface area contributed by atoms with E-state index in [0.717, 1.165) is 38.6 Å². The van der Waals surface area contributed by atoms with Gasteiger partial charge in [-0.15, -0.1) is 0 Å². The Hall–Kier alpha value is -2.20. The summed E-state index contributed by atoms with van der Waals surface area (Å²) in [4.78, 5) is 13.6. The van der Waals surface area contributed by atoms with Gasteiger partial charge in [-0.1, -0.05) is 48.5 Å². The molecule has 1 saturated heterocycles. The highest BCUT2D eigenvalue weighted by molar-refractivity contribution is 5.77. The maximum Gasteiger partial charge on any atom is 0.342 e. The number of benzene rings is 2. The van der Waals surface area contributed by atoms with Crippen molar-refractivity contribution in [3.05, 3.63) is 70.8 Å².